The third-order valence-corrected chi connectivity index (χ3v) is 8.21. The van der Waals surface area contributed by atoms with Crippen molar-refractivity contribution in [2.45, 2.75) is 32.4 Å². The predicted molar refractivity (Wildman–Crippen MR) is 159 cm³/mol. The van der Waals surface area contributed by atoms with Gasteiger partial charge in [0.15, 0.2) is 5.82 Å². The van der Waals surface area contributed by atoms with Gasteiger partial charge in [-0.1, -0.05) is 0 Å². The first-order valence-electron chi connectivity index (χ1n) is 14.5. The third kappa shape index (κ3) is 4.98. The number of aromatic nitrogens is 9. The van der Waals surface area contributed by atoms with E-state index < -0.39 is 0 Å². The van der Waals surface area contributed by atoms with Crippen LogP contribution in [0.15, 0.2) is 36.8 Å². The minimum atomic E-state index is 0.134. The van der Waals surface area contributed by atoms with Crippen molar-refractivity contribution >= 4 is 22.5 Å². The zero-order valence-electron chi connectivity index (χ0n) is 24.5. The molecular formula is C29H36N12O. The predicted octanol–water partition coefficient (Wildman–Crippen LogP) is 3.25. The summed E-state index contributed by atoms with van der Waals surface area (Å²) in [6.07, 6.45) is 7.11. The molecule has 218 valence electrons. The van der Waals surface area contributed by atoms with Crippen molar-refractivity contribution in [3.63, 3.8) is 0 Å². The van der Waals surface area contributed by atoms with Gasteiger partial charge in [0.1, 0.15) is 22.9 Å². The fourth-order valence-corrected chi connectivity index (χ4v) is 5.80. The monoisotopic (exact) mass is 568 g/mol. The molecule has 2 aliphatic rings. The minimum Gasteiger partial charge on any atom is -0.477 e. The normalized spacial score (nSPS) is 18.3. The van der Waals surface area contributed by atoms with E-state index in [-0.39, 0.29) is 6.04 Å². The van der Waals surface area contributed by atoms with E-state index in [1.54, 1.807) is 17.1 Å². The van der Waals surface area contributed by atoms with E-state index in [1.165, 1.54) is 0 Å². The second-order valence-corrected chi connectivity index (χ2v) is 11.3. The second-order valence-electron chi connectivity index (χ2n) is 11.3. The summed E-state index contributed by atoms with van der Waals surface area (Å²) in [4.78, 5) is 18.8. The van der Waals surface area contributed by atoms with Gasteiger partial charge in [-0.05, 0) is 38.9 Å². The Morgan fingerprint density at radius 1 is 0.976 bits per heavy atom. The van der Waals surface area contributed by atoms with E-state index in [0.29, 0.717) is 29.9 Å². The maximum atomic E-state index is 6.20. The number of fused-ring (bicyclic) bond motifs is 5. The molecule has 0 saturated carbocycles. The fraction of sp³-hybridized carbons (Fsp3) is 0.448. The number of piperazine rings is 1. The molecule has 0 radical (unpaired) electrons. The summed E-state index contributed by atoms with van der Waals surface area (Å²) in [5.41, 5.74) is 4.69. The van der Waals surface area contributed by atoms with Gasteiger partial charge in [0.25, 0.3) is 0 Å². The summed E-state index contributed by atoms with van der Waals surface area (Å²) in [6.45, 7) is 7.85. The Morgan fingerprint density at radius 3 is 2.69 bits per heavy atom. The molecule has 2 aliphatic heterocycles. The zero-order valence-corrected chi connectivity index (χ0v) is 24.5. The Kier molecular flexibility index (Phi) is 6.82. The molecule has 1 atom stereocenters. The van der Waals surface area contributed by atoms with Gasteiger partial charge in [0.05, 0.1) is 29.7 Å². The molecule has 7 heterocycles. The number of hydrogen-bond donors (Lipinski definition) is 1. The van der Waals surface area contributed by atoms with Crippen molar-refractivity contribution in [3.05, 3.63) is 42.5 Å². The Labute approximate surface area is 244 Å². The largest absolute Gasteiger partial charge is 0.477 e. The van der Waals surface area contributed by atoms with Gasteiger partial charge in [-0.2, -0.15) is 15.3 Å². The van der Waals surface area contributed by atoms with Crippen LogP contribution in [0.2, 0.25) is 0 Å². The van der Waals surface area contributed by atoms with Crippen molar-refractivity contribution in [2.24, 2.45) is 14.1 Å². The molecule has 5 aromatic heterocycles. The molecule has 13 nitrogen and oxygen atoms in total. The van der Waals surface area contributed by atoms with Crippen molar-refractivity contribution in [1.82, 2.24) is 54.1 Å². The lowest BCUT2D eigenvalue weighted by Crippen LogP contribution is -2.43. The van der Waals surface area contributed by atoms with Crippen LogP contribution in [-0.2, 0) is 20.6 Å². The van der Waals surface area contributed by atoms with Gasteiger partial charge in [-0.25, -0.2) is 19.6 Å². The third-order valence-electron chi connectivity index (χ3n) is 8.21. The van der Waals surface area contributed by atoms with Crippen molar-refractivity contribution in [2.75, 3.05) is 45.2 Å². The lowest BCUT2D eigenvalue weighted by atomic mass is 10.1. The van der Waals surface area contributed by atoms with E-state index in [4.69, 9.17) is 24.9 Å². The number of rotatable bonds is 3. The van der Waals surface area contributed by atoms with Gasteiger partial charge in [-0.3, -0.25) is 14.3 Å². The lowest BCUT2D eigenvalue weighted by molar-refractivity contribution is 0.146. The minimum absolute atomic E-state index is 0.134. The van der Waals surface area contributed by atoms with Crippen LogP contribution >= 0.6 is 0 Å². The molecule has 5 aromatic rings. The van der Waals surface area contributed by atoms with Gasteiger partial charge < -0.3 is 15.0 Å². The highest BCUT2D eigenvalue weighted by atomic mass is 16.5. The van der Waals surface area contributed by atoms with Gasteiger partial charge in [-0.15, -0.1) is 0 Å². The average molecular weight is 569 g/mol. The number of anilines is 2. The molecule has 1 fully saturated rings. The number of pyridine rings is 1. The quantitative estimate of drug-likeness (QED) is 0.347. The molecule has 4 bridgehead atoms. The van der Waals surface area contributed by atoms with Crippen LogP contribution in [0.3, 0.4) is 0 Å². The van der Waals surface area contributed by atoms with Crippen LogP contribution in [0.25, 0.3) is 33.7 Å². The SMILES string of the molecule is CC1CCCOc2c(cnn2C)-c2nccc(n2)Nc2cc3c(cn2)c(-c2cc(CN4CCN(C)CC4)nn2C)nn31. The van der Waals surface area contributed by atoms with Crippen LogP contribution in [0.1, 0.15) is 31.5 Å². The average Bonchev–Trinajstić information content (AvgIpc) is 3.66. The number of hydrogen-bond acceptors (Lipinski definition) is 10. The zero-order chi connectivity index (χ0) is 28.8. The molecule has 0 aromatic carbocycles. The molecule has 7 rings (SSSR count). The van der Waals surface area contributed by atoms with Crippen LogP contribution in [-0.4, -0.2) is 93.9 Å². The standard InChI is InChI=1S/C29H36N12O/c1-19-6-5-13-42-29-22(17-32-39(29)4)28-30-8-7-25(34-28)33-26-15-23-21(16-31-26)27(36-41(19)23)24-14-20(35-38(24)3)18-40-11-9-37(2)10-12-40/h7-8,14-17,19H,5-6,9-13,18H2,1-4H3,(H,30,31,33,34). The highest BCUT2D eigenvalue weighted by molar-refractivity contribution is 5.93. The Morgan fingerprint density at radius 2 is 1.83 bits per heavy atom. The van der Waals surface area contributed by atoms with E-state index in [1.807, 2.05) is 31.0 Å². The Bertz CT molecular complexity index is 1730. The van der Waals surface area contributed by atoms with Crippen molar-refractivity contribution in [1.29, 1.82) is 0 Å². The van der Waals surface area contributed by atoms with Crippen LogP contribution in [0.4, 0.5) is 11.6 Å². The molecule has 0 amide bonds. The van der Waals surface area contributed by atoms with Gasteiger partial charge in [0, 0.05) is 76.7 Å². The van der Waals surface area contributed by atoms with Crippen LogP contribution in [0.5, 0.6) is 5.88 Å². The lowest BCUT2D eigenvalue weighted by Gasteiger charge is -2.31. The molecule has 13 heteroatoms. The molecule has 1 saturated heterocycles. The highest BCUT2D eigenvalue weighted by Crippen LogP contribution is 2.34. The summed E-state index contributed by atoms with van der Waals surface area (Å²) in [6, 6.07) is 6.19. The number of nitrogens with zero attached hydrogens (tertiary/aromatic N) is 11. The number of aryl methyl sites for hydroxylation is 2. The van der Waals surface area contributed by atoms with Gasteiger partial charge >= 0.3 is 0 Å². The summed E-state index contributed by atoms with van der Waals surface area (Å²) in [5.74, 6) is 2.52. The summed E-state index contributed by atoms with van der Waals surface area (Å²) >= 11 is 0. The van der Waals surface area contributed by atoms with E-state index >= 15 is 0 Å². The molecular weight excluding hydrogens is 532 g/mol. The molecule has 42 heavy (non-hydrogen) atoms. The maximum Gasteiger partial charge on any atom is 0.222 e. The summed E-state index contributed by atoms with van der Waals surface area (Å²) in [5, 5.41) is 18.8. The van der Waals surface area contributed by atoms with Crippen LogP contribution < -0.4 is 10.1 Å². The smallest absolute Gasteiger partial charge is 0.222 e. The fourth-order valence-electron chi connectivity index (χ4n) is 5.80. The molecule has 0 aliphatic carbocycles. The molecule has 1 unspecified atom stereocenters. The number of ether oxygens (including phenoxy) is 1. The van der Waals surface area contributed by atoms with Crippen molar-refractivity contribution in [3.8, 4) is 28.7 Å². The van der Waals surface area contributed by atoms with E-state index in [0.717, 1.165) is 79.1 Å². The maximum absolute atomic E-state index is 6.20. The number of nitrogens with one attached hydrogen (secondary N) is 1. The second kappa shape index (κ2) is 10.8. The first kappa shape index (κ1) is 26.5. The summed E-state index contributed by atoms with van der Waals surface area (Å²) < 4.78 is 12.0. The number of likely N-dealkylation sites (N-methyl/N-ethyl adjacent to an activating group) is 1. The first-order valence-corrected chi connectivity index (χ1v) is 14.5. The van der Waals surface area contributed by atoms with Crippen LogP contribution in [0, 0.1) is 0 Å². The Hall–Kier alpha value is -4.36. The highest BCUT2D eigenvalue weighted by Gasteiger charge is 2.23. The first-order chi connectivity index (χ1) is 20.4. The van der Waals surface area contributed by atoms with E-state index in [9.17, 15) is 0 Å². The molecule has 0 spiro atoms. The topological polar surface area (TPSA) is 120 Å². The summed E-state index contributed by atoms with van der Waals surface area (Å²) in [7, 11) is 6.04. The van der Waals surface area contributed by atoms with Gasteiger partial charge in [0.2, 0.25) is 5.88 Å². The van der Waals surface area contributed by atoms with E-state index in [2.05, 4.69) is 56.0 Å². The molecule has 1 N–H and O–H groups in total. The van der Waals surface area contributed by atoms with Crippen molar-refractivity contribution < 1.29 is 4.74 Å². The Balaban J connectivity index is 1.25.